The second-order valence-corrected chi connectivity index (χ2v) is 7.80. The summed E-state index contributed by atoms with van der Waals surface area (Å²) in [4.78, 5) is 37.5. The number of nitrogens with two attached hydrogens (primary N) is 1. The lowest BCUT2D eigenvalue weighted by Gasteiger charge is -2.34. The zero-order chi connectivity index (χ0) is 20.9. The zero-order valence-electron chi connectivity index (χ0n) is 17.0. The molecule has 30 heavy (non-hydrogen) atoms. The molecule has 2 N–H and O–H groups in total. The van der Waals surface area contributed by atoms with Crippen LogP contribution in [0.5, 0.6) is 0 Å². The van der Waals surface area contributed by atoms with Crippen LogP contribution in [0.1, 0.15) is 34.8 Å². The molecule has 8 heteroatoms. The number of hydrogen-bond donors (Lipinski definition) is 1. The van der Waals surface area contributed by atoms with Crippen LogP contribution in [-0.2, 0) is 9.53 Å². The number of ether oxygens (including phenoxy) is 1. The van der Waals surface area contributed by atoms with Crippen molar-refractivity contribution < 1.29 is 14.3 Å². The SMILES string of the molecule is NC(=O)c1cccc(-c2nccnc2[C@H]2CCCN(CC(=O)N3CCOCC3)C2)c1. The van der Waals surface area contributed by atoms with E-state index in [2.05, 4.69) is 14.9 Å². The number of amides is 2. The van der Waals surface area contributed by atoms with Gasteiger partial charge in [0.25, 0.3) is 0 Å². The van der Waals surface area contributed by atoms with Crippen molar-refractivity contribution in [2.45, 2.75) is 18.8 Å². The van der Waals surface area contributed by atoms with E-state index in [4.69, 9.17) is 10.5 Å². The topological polar surface area (TPSA) is 102 Å². The highest BCUT2D eigenvalue weighted by molar-refractivity contribution is 5.94. The van der Waals surface area contributed by atoms with Gasteiger partial charge in [-0.3, -0.25) is 24.5 Å². The summed E-state index contributed by atoms with van der Waals surface area (Å²) in [7, 11) is 0. The summed E-state index contributed by atoms with van der Waals surface area (Å²) in [6.45, 7) is 4.64. The Labute approximate surface area is 176 Å². The normalized spacial score (nSPS) is 20.1. The van der Waals surface area contributed by atoms with Gasteiger partial charge in [-0.15, -0.1) is 0 Å². The van der Waals surface area contributed by atoms with Gasteiger partial charge < -0.3 is 15.4 Å². The maximum absolute atomic E-state index is 12.7. The van der Waals surface area contributed by atoms with Crippen LogP contribution in [0.4, 0.5) is 0 Å². The van der Waals surface area contributed by atoms with Crippen LogP contribution in [0.25, 0.3) is 11.3 Å². The Bertz CT molecular complexity index is 913. The molecule has 2 saturated heterocycles. The molecule has 2 amide bonds. The Morgan fingerprint density at radius 2 is 1.93 bits per heavy atom. The third-order valence-corrected chi connectivity index (χ3v) is 5.76. The Balaban J connectivity index is 1.51. The summed E-state index contributed by atoms with van der Waals surface area (Å²) >= 11 is 0. The Morgan fingerprint density at radius 1 is 1.13 bits per heavy atom. The Hall–Kier alpha value is -2.84. The molecule has 2 fully saturated rings. The molecule has 0 aliphatic carbocycles. The highest BCUT2D eigenvalue weighted by Crippen LogP contribution is 2.32. The second kappa shape index (κ2) is 9.32. The Kier molecular flexibility index (Phi) is 6.35. The van der Waals surface area contributed by atoms with E-state index < -0.39 is 5.91 Å². The van der Waals surface area contributed by atoms with Crippen molar-refractivity contribution in [2.24, 2.45) is 5.73 Å². The minimum atomic E-state index is -0.465. The second-order valence-electron chi connectivity index (χ2n) is 7.80. The molecule has 4 rings (SSSR count). The van der Waals surface area contributed by atoms with Crippen molar-refractivity contribution in [3.05, 3.63) is 47.9 Å². The van der Waals surface area contributed by atoms with Crippen molar-refractivity contribution in [3.8, 4) is 11.3 Å². The van der Waals surface area contributed by atoms with Crippen molar-refractivity contribution in [2.75, 3.05) is 45.9 Å². The molecule has 2 aliphatic heterocycles. The predicted octanol–water partition coefficient (Wildman–Crippen LogP) is 1.28. The van der Waals surface area contributed by atoms with Crippen molar-refractivity contribution in [1.29, 1.82) is 0 Å². The fraction of sp³-hybridized carbons (Fsp3) is 0.455. The van der Waals surface area contributed by atoms with E-state index >= 15 is 0 Å². The van der Waals surface area contributed by atoms with E-state index in [-0.39, 0.29) is 11.8 Å². The summed E-state index contributed by atoms with van der Waals surface area (Å²) < 4.78 is 5.34. The van der Waals surface area contributed by atoms with E-state index in [1.54, 1.807) is 24.5 Å². The molecule has 1 aromatic carbocycles. The van der Waals surface area contributed by atoms with Crippen LogP contribution in [0.2, 0.25) is 0 Å². The zero-order valence-corrected chi connectivity index (χ0v) is 17.0. The molecule has 158 valence electrons. The smallest absolute Gasteiger partial charge is 0.248 e. The van der Waals surface area contributed by atoms with E-state index in [9.17, 15) is 9.59 Å². The molecule has 1 aromatic heterocycles. The maximum atomic E-state index is 12.7. The summed E-state index contributed by atoms with van der Waals surface area (Å²) in [6.07, 6.45) is 5.36. The van der Waals surface area contributed by atoms with Gasteiger partial charge in [0.15, 0.2) is 0 Å². The number of morpholine rings is 1. The van der Waals surface area contributed by atoms with Gasteiger partial charge in [0.05, 0.1) is 31.1 Å². The highest BCUT2D eigenvalue weighted by Gasteiger charge is 2.28. The van der Waals surface area contributed by atoms with Crippen LogP contribution in [0.3, 0.4) is 0 Å². The Morgan fingerprint density at radius 3 is 2.73 bits per heavy atom. The van der Waals surface area contributed by atoms with Gasteiger partial charge in [-0.05, 0) is 31.5 Å². The predicted molar refractivity (Wildman–Crippen MR) is 112 cm³/mol. The third-order valence-electron chi connectivity index (χ3n) is 5.76. The number of nitrogens with zero attached hydrogens (tertiary/aromatic N) is 4. The number of hydrogen-bond acceptors (Lipinski definition) is 6. The first kappa shape index (κ1) is 20.4. The summed E-state index contributed by atoms with van der Waals surface area (Å²) in [5.74, 6) is -0.127. The quantitative estimate of drug-likeness (QED) is 0.798. The molecule has 0 saturated carbocycles. The maximum Gasteiger partial charge on any atom is 0.248 e. The minimum Gasteiger partial charge on any atom is -0.378 e. The van der Waals surface area contributed by atoms with Gasteiger partial charge in [0.2, 0.25) is 11.8 Å². The number of carbonyl (C=O) groups excluding carboxylic acids is 2. The van der Waals surface area contributed by atoms with Gasteiger partial charge in [-0.2, -0.15) is 0 Å². The first-order valence-electron chi connectivity index (χ1n) is 10.4. The average molecular weight is 409 g/mol. The van der Waals surface area contributed by atoms with Crippen LogP contribution in [0, 0.1) is 0 Å². The third kappa shape index (κ3) is 4.66. The molecule has 2 aromatic rings. The molecule has 0 radical (unpaired) electrons. The molecule has 2 aliphatic rings. The van der Waals surface area contributed by atoms with E-state index in [1.165, 1.54) is 0 Å². The van der Waals surface area contributed by atoms with E-state index in [1.807, 2.05) is 17.0 Å². The summed E-state index contributed by atoms with van der Waals surface area (Å²) in [5.41, 5.74) is 8.40. The fourth-order valence-electron chi connectivity index (χ4n) is 4.22. The highest BCUT2D eigenvalue weighted by atomic mass is 16.5. The van der Waals surface area contributed by atoms with Crippen LogP contribution in [-0.4, -0.2) is 77.5 Å². The van der Waals surface area contributed by atoms with E-state index in [0.717, 1.165) is 42.9 Å². The summed E-state index contributed by atoms with van der Waals surface area (Å²) in [5, 5.41) is 0. The largest absolute Gasteiger partial charge is 0.378 e. The lowest BCUT2D eigenvalue weighted by Crippen LogP contribution is -2.47. The van der Waals surface area contributed by atoms with Crippen LogP contribution < -0.4 is 5.73 Å². The number of carbonyl (C=O) groups is 2. The number of primary amides is 1. The summed E-state index contributed by atoms with van der Waals surface area (Å²) in [6, 6.07) is 7.18. The first-order valence-corrected chi connectivity index (χ1v) is 10.4. The van der Waals surface area contributed by atoms with Crippen molar-refractivity contribution in [3.63, 3.8) is 0 Å². The average Bonchev–Trinajstić information content (AvgIpc) is 2.80. The molecular formula is C22H27N5O3. The van der Waals surface area contributed by atoms with Gasteiger partial charge in [-0.1, -0.05) is 12.1 Å². The molecule has 8 nitrogen and oxygen atoms in total. The fourth-order valence-corrected chi connectivity index (χ4v) is 4.22. The number of aromatic nitrogens is 2. The number of rotatable bonds is 5. The standard InChI is InChI=1S/C22H27N5O3/c23-22(29)17-4-1-3-16(13-17)20-21(25-7-6-24-20)18-5-2-8-26(14-18)15-19(28)27-9-11-30-12-10-27/h1,3-4,6-7,13,18H,2,5,8-12,14-15H2,(H2,23,29)/t18-/m0/s1. The van der Waals surface area contributed by atoms with Crippen LogP contribution in [0.15, 0.2) is 36.7 Å². The number of likely N-dealkylation sites (tertiary alicyclic amines) is 1. The molecule has 0 bridgehead atoms. The molecule has 1 atom stereocenters. The first-order chi connectivity index (χ1) is 14.6. The van der Waals surface area contributed by atoms with Crippen LogP contribution >= 0.6 is 0 Å². The van der Waals surface area contributed by atoms with Gasteiger partial charge in [0.1, 0.15) is 0 Å². The van der Waals surface area contributed by atoms with Gasteiger partial charge in [-0.25, -0.2) is 0 Å². The molecular weight excluding hydrogens is 382 g/mol. The minimum absolute atomic E-state index is 0.160. The monoisotopic (exact) mass is 409 g/mol. The lowest BCUT2D eigenvalue weighted by atomic mass is 9.91. The van der Waals surface area contributed by atoms with Gasteiger partial charge >= 0.3 is 0 Å². The van der Waals surface area contributed by atoms with Crippen molar-refractivity contribution in [1.82, 2.24) is 19.8 Å². The van der Waals surface area contributed by atoms with Crippen molar-refractivity contribution >= 4 is 11.8 Å². The number of benzene rings is 1. The molecule has 3 heterocycles. The molecule has 0 unspecified atom stereocenters. The number of piperidine rings is 1. The molecule has 0 spiro atoms. The lowest BCUT2D eigenvalue weighted by molar-refractivity contribution is -0.136. The van der Waals surface area contributed by atoms with E-state index in [0.29, 0.717) is 38.4 Å². The van der Waals surface area contributed by atoms with Gasteiger partial charge in [0, 0.05) is 49.1 Å².